The molecule has 0 amide bonds. The van der Waals surface area contributed by atoms with Crippen molar-refractivity contribution in [2.75, 3.05) is 5.32 Å². The van der Waals surface area contributed by atoms with Crippen LogP contribution in [0.15, 0.2) is 12.1 Å². The molecule has 2 atom stereocenters. The van der Waals surface area contributed by atoms with Crippen molar-refractivity contribution in [1.29, 1.82) is 0 Å². The smallest absolute Gasteiger partial charge is 0.311 e. The maximum absolute atomic E-state index is 11.0. The molecule has 2 unspecified atom stereocenters. The zero-order valence-electron chi connectivity index (χ0n) is 11.7. The molecule has 1 saturated carbocycles. The molecule has 1 N–H and O–H groups in total. The van der Waals surface area contributed by atoms with E-state index in [1.807, 2.05) is 6.92 Å². The van der Waals surface area contributed by atoms with Crippen molar-refractivity contribution < 1.29 is 4.92 Å². The van der Waals surface area contributed by atoms with Crippen molar-refractivity contribution in [2.45, 2.75) is 46.1 Å². The van der Waals surface area contributed by atoms with E-state index in [0.29, 0.717) is 17.7 Å². The van der Waals surface area contributed by atoms with E-state index in [4.69, 9.17) is 0 Å². The van der Waals surface area contributed by atoms with Crippen LogP contribution in [0.2, 0.25) is 0 Å². The van der Waals surface area contributed by atoms with Crippen molar-refractivity contribution in [3.8, 4) is 0 Å². The van der Waals surface area contributed by atoms with E-state index >= 15 is 0 Å². The fourth-order valence-electron chi connectivity index (χ4n) is 3.06. The van der Waals surface area contributed by atoms with Gasteiger partial charge >= 0.3 is 5.69 Å². The van der Waals surface area contributed by atoms with E-state index in [-0.39, 0.29) is 16.7 Å². The first-order valence-corrected chi connectivity index (χ1v) is 6.84. The van der Waals surface area contributed by atoms with Crippen molar-refractivity contribution >= 4 is 11.5 Å². The molecule has 1 heterocycles. The summed E-state index contributed by atoms with van der Waals surface area (Å²) in [7, 11) is 0. The van der Waals surface area contributed by atoms with Gasteiger partial charge in [-0.2, -0.15) is 0 Å². The van der Waals surface area contributed by atoms with E-state index in [0.717, 1.165) is 18.5 Å². The highest BCUT2D eigenvalue weighted by atomic mass is 16.6. The summed E-state index contributed by atoms with van der Waals surface area (Å²) >= 11 is 0. The van der Waals surface area contributed by atoms with Gasteiger partial charge in [0, 0.05) is 17.8 Å². The van der Waals surface area contributed by atoms with E-state index in [1.54, 1.807) is 6.07 Å². The number of aromatic nitrogens is 1. The zero-order valence-corrected chi connectivity index (χ0v) is 11.7. The first-order valence-electron chi connectivity index (χ1n) is 6.84. The van der Waals surface area contributed by atoms with Crippen molar-refractivity contribution in [3.63, 3.8) is 0 Å². The summed E-state index contributed by atoms with van der Waals surface area (Å²) in [5, 5.41) is 14.3. The molecule has 1 aliphatic carbocycles. The fourth-order valence-corrected chi connectivity index (χ4v) is 3.06. The van der Waals surface area contributed by atoms with Crippen LogP contribution in [-0.2, 0) is 0 Å². The Hall–Kier alpha value is -1.65. The molecule has 1 aliphatic rings. The summed E-state index contributed by atoms with van der Waals surface area (Å²) in [5.74, 6) is 1.73. The Morgan fingerprint density at radius 3 is 2.47 bits per heavy atom. The molecule has 19 heavy (non-hydrogen) atoms. The van der Waals surface area contributed by atoms with Gasteiger partial charge in [-0.15, -0.1) is 0 Å². The van der Waals surface area contributed by atoms with Crippen LogP contribution in [0.5, 0.6) is 0 Å². The molecule has 1 aromatic rings. The Morgan fingerprint density at radius 1 is 1.26 bits per heavy atom. The predicted octanol–water partition coefficient (Wildman–Crippen LogP) is 3.53. The highest BCUT2D eigenvalue weighted by molar-refractivity contribution is 5.56. The van der Waals surface area contributed by atoms with Crippen molar-refractivity contribution in [3.05, 3.63) is 27.9 Å². The molecule has 5 heteroatoms. The Bertz CT molecular complexity index is 466. The topological polar surface area (TPSA) is 68.1 Å². The number of nitrogens with zero attached hydrogens (tertiary/aromatic N) is 2. The summed E-state index contributed by atoms with van der Waals surface area (Å²) in [6.07, 6.45) is 3.34. The van der Waals surface area contributed by atoms with Crippen molar-refractivity contribution in [1.82, 2.24) is 4.98 Å². The molecule has 0 bridgehead atoms. The van der Waals surface area contributed by atoms with Crippen LogP contribution in [0.1, 0.15) is 38.8 Å². The monoisotopic (exact) mass is 263 g/mol. The lowest BCUT2D eigenvalue weighted by molar-refractivity contribution is -0.384. The largest absolute Gasteiger partial charge is 0.362 e. The molecule has 0 saturated heterocycles. The van der Waals surface area contributed by atoms with Gasteiger partial charge in [0.05, 0.1) is 4.92 Å². The Balaban J connectivity index is 2.18. The standard InChI is InChI=1S/C14H21N3O2/c1-9-6-10(2)8-12(7-9)16-14-13(17(18)19)5-4-11(3)15-14/h4-5,9-10,12H,6-8H2,1-3H3,(H,15,16). The van der Waals surface area contributed by atoms with Crippen LogP contribution in [-0.4, -0.2) is 15.9 Å². The van der Waals surface area contributed by atoms with E-state index in [1.165, 1.54) is 12.5 Å². The molecule has 0 radical (unpaired) electrons. The second-order valence-electron chi connectivity index (χ2n) is 5.84. The minimum atomic E-state index is -0.371. The van der Waals surface area contributed by atoms with Gasteiger partial charge in [0.15, 0.2) is 0 Å². The Kier molecular flexibility index (Phi) is 4.02. The van der Waals surface area contributed by atoms with E-state index < -0.39 is 0 Å². The Morgan fingerprint density at radius 2 is 1.89 bits per heavy atom. The SMILES string of the molecule is Cc1ccc([N+](=O)[O-])c(NC2CC(C)CC(C)C2)n1. The lowest BCUT2D eigenvalue weighted by Crippen LogP contribution is -2.30. The predicted molar refractivity (Wildman–Crippen MR) is 75.2 cm³/mol. The molecule has 2 rings (SSSR count). The summed E-state index contributed by atoms with van der Waals surface area (Å²) in [5.41, 5.74) is 0.862. The number of nitrogens with one attached hydrogen (secondary N) is 1. The second kappa shape index (κ2) is 5.55. The molecule has 1 aromatic heterocycles. The van der Waals surface area contributed by atoms with Crippen LogP contribution in [0.3, 0.4) is 0 Å². The van der Waals surface area contributed by atoms with Crippen molar-refractivity contribution in [2.24, 2.45) is 11.8 Å². The summed E-state index contributed by atoms with van der Waals surface area (Å²) in [4.78, 5) is 14.9. The average Bonchev–Trinajstić information content (AvgIpc) is 2.26. The zero-order chi connectivity index (χ0) is 14.0. The summed E-state index contributed by atoms with van der Waals surface area (Å²) < 4.78 is 0. The number of pyridine rings is 1. The number of hydrogen-bond donors (Lipinski definition) is 1. The molecule has 0 aromatic carbocycles. The molecule has 5 nitrogen and oxygen atoms in total. The van der Waals surface area contributed by atoms with Gasteiger partial charge in [-0.3, -0.25) is 10.1 Å². The van der Waals surface area contributed by atoms with Crippen LogP contribution in [0, 0.1) is 28.9 Å². The third kappa shape index (κ3) is 3.43. The fraction of sp³-hybridized carbons (Fsp3) is 0.643. The molecular formula is C14H21N3O2. The molecule has 1 fully saturated rings. The first-order chi connectivity index (χ1) is 8.95. The quantitative estimate of drug-likeness (QED) is 0.669. The van der Waals surface area contributed by atoms with Gasteiger partial charge in [0.25, 0.3) is 0 Å². The number of aryl methyl sites for hydroxylation is 1. The lowest BCUT2D eigenvalue weighted by Gasteiger charge is -2.32. The number of anilines is 1. The average molecular weight is 263 g/mol. The van der Waals surface area contributed by atoms with Crippen LogP contribution >= 0.6 is 0 Å². The normalized spacial score (nSPS) is 27.0. The maximum Gasteiger partial charge on any atom is 0.311 e. The molecular weight excluding hydrogens is 242 g/mol. The molecule has 0 aliphatic heterocycles. The lowest BCUT2D eigenvalue weighted by atomic mass is 9.80. The van der Waals surface area contributed by atoms with Crippen LogP contribution in [0.4, 0.5) is 11.5 Å². The number of nitro groups is 1. The Labute approximate surface area is 113 Å². The van der Waals surface area contributed by atoms with E-state index in [9.17, 15) is 10.1 Å². The minimum absolute atomic E-state index is 0.0662. The third-order valence-electron chi connectivity index (χ3n) is 3.73. The van der Waals surface area contributed by atoms with Crippen LogP contribution in [0.25, 0.3) is 0 Å². The van der Waals surface area contributed by atoms with Gasteiger partial charge in [0.1, 0.15) is 0 Å². The summed E-state index contributed by atoms with van der Waals surface area (Å²) in [6.45, 7) is 6.33. The highest BCUT2D eigenvalue weighted by Crippen LogP contribution is 2.32. The highest BCUT2D eigenvalue weighted by Gasteiger charge is 2.26. The summed E-state index contributed by atoms with van der Waals surface area (Å²) in [6, 6.07) is 3.49. The van der Waals surface area contributed by atoms with Gasteiger partial charge in [-0.25, -0.2) is 4.98 Å². The van der Waals surface area contributed by atoms with Gasteiger partial charge in [-0.1, -0.05) is 13.8 Å². The van der Waals surface area contributed by atoms with Gasteiger partial charge in [0.2, 0.25) is 5.82 Å². The third-order valence-corrected chi connectivity index (χ3v) is 3.73. The molecule has 0 spiro atoms. The number of hydrogen-bond acceptors (Lipinski definition) is 4. The minimum Gasteiger partial charge on any atom is -0.362 e. The second-order valence-corrected chi connectivity index (χ2v) is 5.84. The van der Waals surface area contributed by atoms with Gasteiger partial charge in [-0.05, 0) is 44.1 Å². The van der Waals surface area contributed by atoms with E-state index in [2.05, 4.69) is 24.1 Å². The first kappa shape index (κ1) is 13.8. The maximum atomic E-state index is 11.0. The van der Waals surface area contributed by atoms with Crippen LogP contribution < -0.4 is 5.32 Å². The number of rotatable bonds is 3. The molecule has 104 valence electrons. The van der Waals surface area contributed by atoms with Gasteiger partial charge < -0.3 is 5.32 Å².